The Balaban J connectivity index is 1.38. The van der Waals surface area contributed by atoms with E-state index in [1.165, 1.54) is 6.08 Å². The Morgan fingerprint density at radius 1 is 1.02 bits per heavy atom. The second-order valence-electron chi connectivity index (χ2n) is 16.8. The lowest BCUT2D eigenvalue weighted by Gasteiger charge is -2.38. The number of fused-ring (bicyclic) bond motifs is 2. The summed E-state index contributed by atoms with van der Waals surface area (Å²) in [6.45, 7) is 17.2. The number of piperidine rings is 2. The first-order valence-corrected chi connectivity index (χ1v) is 19.0. The summed E-state index contributed by atoms with van der Waals surface area (Å²) in [5.41, 5.74) is 1.68. The van der Waals surface area contributed by atoms with Gasteiger partial charge in [-0.2, -0.15) is 0 Å². The lowest BCUT2D eigenvalue weighted by molar-refractivity contribution is -0.144. The maximum Gasteiger partial charge on any atom is 0.315 e. The van der Waals surface area contributed by atoms with Gasteiger partial charge in [-0.25, -0.2) is 4.79 Å². The molecule has 3 fully saturated rings. The summed E-state index contributed by atoms with van der Waals surface area (Å²) >= 11 is 0. The third-order valence-electron chi connectivity index (χ3n) is 11.9. The minimum Gasteiger partial charge on any atom is -0.346 e. The van der Waals surface area contributed by atoms with Crippen LogP contribution in [0, 0.1) is 28.6 Å². The molecule has 1 aromatic carbocycles. The van der Waals surface area contributed by atoms with E-state index in [2.05, 4.69) is 41.7 Å². The zero-order valence-corrected chi connectivity index (χ0v) is 31.8. The average Bonchev–Trinajstić information content (AvgIpc) is 3.45. The van der Waals surface area contributed by atoms with Gasteiger partial charge in [0, 0.05) is 32.6 Å². The Morgan fingerprint density at radius 3 is 2.29 bits per heavy atom. The Kier molecular flexibility index (Phi) is 11.8. The standard InChI is InChI=1S/C40H58N6O6/c1-8-14-28(34(48)36(50)41-18-9-2)42-35(49)33-31-27(40(31,6)7)22-46(33)37(51)32(26-20-24-15-10-11-16-25(24)21-26)44-38(52)43-29(39(3,4)5)23-45-19-13-12-17-30(45)47/h9-11,15-16,26-29,31-33H,2,8,12-14,17-23H2,1,3-7H3,(H,41,50)(H,42,49)(H2,43,44,52)/t27-,28+,29+,31-,32-,33-/m0/s1. The predicted octanol–water partition coefficient (Wildman–Crippen LogP) is 3.14. The SMILES string of the molecule is C=CCNC(=O)C(=O)[C@@H](CCC)NC(=O)[C@@H]1[C@@H]2[C@H](CN1C(=O)[C@@H](NC(=O)N[C@H](CN1CCCCC1=O)C(C)(C)C)C1Cc3ccccc3C1)C2(C)C. The highest BCUT2D eigenvalue weighted by Crippen LogP contribution is 2.65. The number of benzene rings is 1. The predicted molar refractivity (Wildman–Crippen MR) is 198 cm³/mol. The number of urea groups is 1. The number of rotatable bonds is 14. The molecule has 1 aromatic rings. The highest BCUT2D eigenvalue weighted by atomic mass is 16.2. The molecular formula is C40H58N6O6. The second kappa shape index (κ2) is 15.8. The first-order chi connectivity index (χ1) is 24.6. The molecule has 0 spiro atoms. The summed E-state index contributed by atoms with van der Waals surface area (Å²) in [5.74, 6) is -2.56. The zero-order chi connectivity index (χ0) is 38.0. The topological polar surface area (TPSA) is 157 Å². The average molecular weight is 719 g/mol. The molecule has 1 saturated carbocycles. The minimum atomic E-state index is -1.04. The molecule has 0 unspecified atom stereocenters. The van der Waals surface area contributed by atoms with Crippen LogP contribution in [-0.4, -0.2) is 95.6 Å². The van der Waals surface area contributed by atoms with Gasteiger partial charge < -0.3 is 31.1 Å². The fourth-order valence-corrected chi connectivity index (χ4v) is 8.58. The molecule has 0 bridgehead atoms. The maximum absolute atomic E-state index is 14.8. The van der Waals surface area contributed by atoms with Crippen LogP contribution in [0.1, 0.15) is 84.8 Å². The van der Waals surface area contributed by atoms with Crippen LogP contribution in [0.3, 0.4) is 0 Å². The molecule has 2 saturated heterocycles. The molecule has 52 heavy (non-hydrogen) atoms. The quantitative estimate of drug-likeness (QED) is 0.171. The van der Waals surface area contributed by atoms with Crippen LogP contribution in [0.2, 0.25) is 0 Å². The van der Waals surface area contributed by atoms with E-state index < -0.39 is 41.8 Å². The van der Waals surface area contributed by atoms with Crippen molar-refractivity contribution in [3.05, 3.63) is 48.0 Å². The van der Waals surface area contributed by atoms with Crippen LogP contribution < -0.4 is 21.3 Å². The van der Waals surface area contributed by atoms with E-state index in [1.807, 2.05) is 56.9 Å². The van der Waals surface area contributed by atoms with E-state index in [0.29, 0.717) is 45.3 Å². The van der Waals surface area contributed by atoms with Crippen LogP contribution in [0.15, 0.2) is 36.9 Å². The van der Waals surface area contributed by atoms with Gasteiger partial charge in [0.25, 0.3) is 5.91 Å². The number of nitrogens with zero attached hydrogens (tertiary/aromatic N) is 2. The molecule has 284 valence electrons. The smallest absolute Gasteiger partial charge is 0.315 e. The number of carbonyl (C=O) groups excluding carboxylic acids is 6. The number of hydrogen-bond donors (Lipinski definition) is 4. The van der Waals surface area contributed by atoms with Gasteiger partial charge in [0.2, 0.25) is 23.5 Å². The fourth-order valence-electron chi connectivity index (χ4n) is 8.58. The first-order valence-electron chi connectivity index (χ1n) is 19.0. The Labute approximate surface area is 308 Å². The first kappa shape index (κ1) is 39.0. The highest BCUT2D eigenvalue weighted by molar-refractivity contribution is 6.38. The van der Waals surface area contributed by atoms with Crippen molar-refractivity contribution in [1.29, 1.82) is 0 Å². The van der Waals surface area contributed by atoms with E-state index in [4.69, 9.17) is 0 Å². The van der Waals surface area contributed by atoms with E-state index in [0.717, 1.165) is 24.0 Å². The van der Waals surface area contributed by atoms with Gasteiger partial charge in [-0.15, -0.1) is 6.58 Å². The molecule has 6 atom stereocenters. The maximum atomic E-state index is 14.8. The minimum absolute atomic E-state index is 0.0750. The molecule has 4 aliphatic rings. The van der Waals surface area contributed by atoms with E-state index in [9.17, 15) is 28.8 Å². The van der Waals surface area contributed by atoms with Gasteiger partial charge in [-0.3, -0.25) is 24.0 Å². The molecule has 0 radical (unpaired) electrons. The molecule has 2 aliphatic heterocycles. The van der Waals surface area contributed by atoms with Crippen LogP contribution in [0.5, 0.6) is 0 Å². The second-order valence-corrected chi connectivity index (χ2v) is 16.8. The van der Waals surface area contributed by atoms with Crippen LogP contribution in [0.25, 0.3) is 0 Å². The van der Waals surface area contributed by atoms with Gasteiger partial charge in [0.05, 0.1) is 12.1 Å². The molecule has 5 rings (SSSR count). The summed E-state index contributed by atoms with van der Waals surface area (Å²) in [7, 11) is 0. The van der Waals surface area contributed by atoms with E-state index >= 15 is 0 Å². The number of hydrogen-bond acceptors (Lipinski definition) is 6. The number of ketones is 1. The van der Waals surface area contributed by atoms with E-state index in [1.54, 1.807) is 4.90 Å². The number of likely N-dealkylation sites (tertiary alicyclic amines) is 2. The van der Waals surface area contributed by atoms with Gasteiger partial charge in [-0.1, -0.05) is 78.3 Å². The van der Waals surface area contributed by atoms with Crippen molar-refractivity contribution in [2.45, 2.75) is 111 Å². The Morgan fingerprint density at radius 2 is 1.69 bits per heavy atom. The molecule has 6 amide bonds. The van der Waals surface area contributed by atoms with Gasteiger partial charge >= 0.3 is 6.03 Å². The summed E-state index contributed by atoms with van der Waals surface area (Å²) in [5, 5.41) is 11.5. The van der Waals surface area contributed by atoms with Crippen LogP contribution in [0.4, 0.5) is 4.79 Å². The monoisotopic (exact) mass is 718 g/mol. The lowest BCUT2D eigenvalue weighted by atomic mass is 9.86. The van der Waals surface area contributed by atoms with Crippen molar-refractivity contribution in [1.82, 2.24) is 31.1 Å². The zero-order valence-electron chi connectivity index (χ0n) is 31.8. The number of nitrogens with one attached hydrogen (secondary N) is 4. The number of amides is 6. The summed E-state index contributed by atoms with van der Waals surface area (Å²) < 4.78 is 0. The van der Waals surface area contributed by atoms with Gasteiger partial charge in [0.1, 0.15) is 12.1 Å². The highest BCUT2D eigenvalue weighted by Gasteiger charge is 2.69. The number of Topliss-reactive ketones (excluding diaryl/α,β-unsaturated/α-hetero) is 1. The summed E-state index contributed by atoms with van der Waals surface area (Å²) in [4.78, 5) is 84.8. The summed E-state index contributed by atoms with van der Waals surface area (Å²) in [6.07, 6.45) is 5.78. The van der Waals surface area contributed by atoms with Crippen molar-refractivity contribution >= 4 is 35.4 Å². The van der Waals surface area contributed by atoms with Crippen molar-refractivity contribution < 1.29 is 28.8 Å². The van der Waals surface area contributed by atoms with Gasteiger partial charge in [0.15, 0.2) is 0 Å². The molecule has 4 N–H and O–H groups in total. The Bertz CT molecular complexity index is 1540. The van der Waals surface area contributed by atoms with Crippen molar-refractivity contribution in [3.8, 4) is 0 Å². The van der Waals surface area contributed by atoms with Crippen LogP contribution >= 0.6 is 0 Å². The molecule has 0 aromatic heterocycles. The lowest BCUT2D eigenvalue weighted by Crippen LogP contribution is -2.62. The molecular weight excluding hydrogens is 660 g/mol. The van der Waals surface area contributed by atoms with E-state index in [-0.39, 0.29) is 59.4 Å². The van der Waals surface area contributed by atoms with Crippen molar-refractivity contribution in [3.63, 3.8) is 0 Å². The normalized spacial score (nSPS) is 23.8. The molecule has 12 heteroatoms. The van der Waals surface area contributed by atoms with Crippen molar-refractivity contribution in [2.24, 2.45) is 28.6 Å². The summed E-state index contributed by atoms with van der Waals surface area (Å²) in [6, 6.07) is 4.32. The molecule has 2 heterocycles. The van der Waals surface area contributed by atoms with Gasteiger partial charge in [-0.05, 0) is 71.8 Å². The molecule has 12 nitrogen and oxygen atoms in total. The van der Waals surface area contributed by atoms with Crippen LogP contribution in [-0.2, 0) is 36.8 Å². The largest absolute Gasteiger partial charge is 0.346 e. The Hall–Kier alpha value is -4.22. The third kappa shape index (κ3) is 8.36. The molecule has 2 aliphatic carbocycles. The number of carbonyl (C=O) groups is 6. The fraction of sp³-hybridized carbons (Fsp3) is 0.650. The third-order valence-corrected chi connectivity index (χ3v) is 11.9. The van der Waals surface area contributed by atoms with Crippen molar-refractivity contribution in [2.75, 3.05) is 26.2 Å².